The Balaban J connectivity index is 0.909. The van der Waals surface area contributed by atoms with Crippen LogP contribution in [0.25, 0.3) is 27.5 Å². The van der Waals surface area contributed by atoms with Gasteiger partial charge in [0.25, 0.3) is 0 Å². The first-order valence-corrected chi connectivity index (χ1v) is 19.1. The molecule has 0 amide bonds. The van der Waals surface area contributed by atoms with E-state index in [1.165, 1.54) is 17.1 Å². The van der Waals surface area contributed by atoms with Crippen LogP contribution in [-0.2, 0) is 0 Å². The third-order valence-electron chi connectivity index (χ3n) is 12.2. The predicted octanol–water partition coefficient (Wildman–Crippen LogP) is 6.45. The molecule has 10 heterocycles. The number of fused-ring (bicyclic) bond motifs is 3. The molecule has 4 atom stereocenters. The molecule has 0 radical (unpaired) electrons. The molecule has 1 fully saturated rings. The van der Waals surface area contributed by atoms with Crippen LogP contribution in [0.4, 0.5) is 23.3 Å². The second-order valence-electron chi connectivity index (χ2n) is 15.6. The third kappa shape index (κ3) is 5.41. The topological polar surface area (TPSA) is 159 Å². The molecular weight excluding hydrogens is 675 g/mol. The van der Waals surface area contributed by atoms with Crippen LogP contribution in [0.5, 0.6) is 0 Å². The van der Waals surface area contributed by atoms with Crippen molar-refractivity contribution in [3.8, 4) is 17.8 Å². The Kier molecular flexibility index (Phi) is 7.72. The van der Waals surface area contributed by atoms with Gasteiger partial charge >= 0.3 is 0 Å². The molecule has 0 saturated carbocycles. The fourth-order valence-electron chi connectivity index (χ4n) is 10.1. The van der Waals surface area contributed by atoms with Crippen molar-refractivity contribution in [3.63, 3.8) is 0 Å². The van der Waals surface area contributed by atoms with Crippen LogP contribution in [0.1, 0.15) is 76.3 Å². The Hall–Kier alpha value is -6.08. The zero-order chi connectivity index (χ0) is 36.4. The summed E-state index contributed by atoms with van der Waals surface area (Å²) in [6, 6.07) is 17.8. The van der Waals surface area contributed by atoms with Crippen molar-refractivity contribution < 1.29 is 9.15 Å². The first kappa shape index (κ1) is 32.6. The van der Waals surface area contributed by atoms with E-state index in [1.807, 2.05) is 54.3 Å². The van der Waals surface area contributed by atoms with Crippen molar-refractivity contribution in [2.75, 3.05) is 17.2 Å². The Morgan fingerprint density at radius 3 is 2.72 bits per heavy atom. The van der Waals surface area contributed by atoms with Gasteiger partial charge in [0.1, 0.15) is 22.8 Å². The minimum Gasteiger partial charge on any atom is -0.366 e. The van der Waals surface area contributed by atoms with Crippen molar-refractivity contribution in [2.24, 2.45) is 4.99 Å². The maximum atomic E-state index is 9.15. The average Bonchev–Trinajstić information content (AvgIpc) is 3.64. The van der Waals surface area contributed by atoms with E-state index in [0.29, 0.717) is 42.4 Å². The molecule has 2 bridgehead atoms. The summed E-state index contributed by atoms with van der Waals surface area (Å²) < 4.78 is 6.93. The highest BCUT2D eigenvalue weighted by Gasteiger charge is 2.67. The Morgan fingerprint density at radius 2 is 1.87 bits per heavy atom. The van der Waals surface area contributed by atoms with E-state index in [9.17, 15) is 0 Å². The second kappa shape index (κ2) is 12.8. The number of rotatable bonds is 10. The lowest BCUT2D eigenvalue weighted by atomic mass is 9.63. The summed E-state index contributed by atoms with van der Waals surface area (Å²) in [6.07, 6.45) is 15.9. The number of pyridine rings is 4. The van der Waals surface area contributed by atoms with E-state index in [-0.39, 0.29) is 11.6 Å². The van der Waals surface area contributed by atoms with Crippen LogP contribution >= 0.6 is 0 Å². The van der Waals surface area contributed by atoms with E-state index in [2.05, 4.69) is 43.0 Å². The molecule has 54 heavy (non-hydrogen) atoms. The van der Waals surface area contributed by atoms with Gasteiger partial charge in [0, 0.05) is 97.7 Å². The summed E-state index contributed by atoms with van der Waals surface area (Å²) in [5.74, 6) is 2.82. The molecule has 5 aromatic rings. The lowest BCUT2D eigenvalue weighted by Gasteiger charge is -2.53. The van der Waals surface area contributed by atoms with Gasteiger partial charge in [0.2, 0.25) is 0 Å². The van der Waals surface area contributed by atoms with E-state index >= 15 is 0 Å². The Morgan fingerprint density at radius 1 is 1.00 bits per heavy atom. The zero-order valence-corrected chi connectivity index (χ0v) is 30.3. The molecule has 5 aromatic heterocycles. The smallest absolute Gasteiger partial charge is 0.179 e. The molecule has 10 rings (SSSR count). The van der Waals surface area contributed by atoms with Crippen molar-refractivity contribution in [2.45, 2.75) is 101 Å². The van der Waals surface area contributed by atoms with Crippen molar-refractivity contribution in [3.05, 3.63) is 60.7 Å². The van der Waals surface area contributed by atoms with Crippen LogP contribution < -0.4 is 10.6 Å². The Labute approximate surface area is 312 Å². The van der Waals surface area contributed by atoms with Gasteiger partial charge in [0.05, 0.1) is 49.5 Å². The lowest BCUT2D eigenvalue weighted by Crippen LogP contribution is -2.72. The van der Waals surface area contributed by atoms with Gasteiger partial charge in [-0.3, -0.25) is 9.97 Å². The van der Waals surface area contributed by atoms with Crippen LogP contribution in [0.2, 0.25) is 0 Å². The molecule has 0 aliphatic carbocycles. The van der Waals surface area contributed by atoms with Gasteiger partial charge < -0.3 is 10.6 Å². The second-order valence-corrected chi connectivity index (χ2v) is 15.6. The standard InChI is InChI=1S/C41H41N13/c1-25-16-37(49-36-21-34-32(6-2-13-44-34)40(50-36)48-26-17-28-8-9-29(18-26)52(28)15-5-12-43)51-54(25)35-24-46-39(33-7-3-14-45-38(33)35)47-27-19-30-22-41(10-4-11-42)23-31(20-27)53(30)41/h2-3,6-7,13-14,16,21,24,26,28,30H,4-5,8-10,15,17-20,22-23H2,1H3,(H2,48,49,50,51)/q+2/t26-,28-,30-,41?/m0/s1. The lowest BCUT2D eigenvalue weighted by molar-refractivity contribution is -0.734. The summed E-state index contributed by atoms with van der Waals surface area (Å²) in [5.41, 5.74) is 7.68. The predicted molar refractivity (Wildman–Crippen MR) is 206 cm³/mol. The summed E-state index contributed by atoms with van der Waals surface area (Å²) in [7, 11) is 0. The molecule has 5 aliphatic rings. The molecule has 5 aliphatic heterocycles. The fraction of sp³-hybridized carbons (Fsp3) is 0.415. The first-order valence-electron chi connectivity index (χ1n) is 19.1. The number of nitrogens with zero attached hydrogens (tertiary/aromatic N) is 11. The molecule has 0 spiro atoms. The first-order chi connectivity index (χ1) is 26.5. The molecule has 1 saturated heterocycles. The number of nitrogens with one attached hydrogen (secondary N) is 2. The van der Waals surface area contributed by atoms with Gasteiger partial charge in [-0.25, -0.2) is 28.8 Å². The van der Waals surface area contributed by atoms with Crippen molar-refractivity contribution in [1.82, 2.24) is 29.7 Å². The fourth-order valence-corrected chi connectivity index (χ4v) is 10.1. The van der Waals surface area contributed by atoms with Crippen LogP contribution in [-0.4, -0.2) is 86.2 Å². The number of aryl methyl sites for hydroxylation is 1. The maximum absolute atomic E-state index is 9.15. The highest BCUT2D eigenvalue weighted by molar-refractivity contribution is 6.08. The normalized spacial score (nSPS) is 24.6. The monoisotopic (exact) mass is 715 g/mol. The largest absolute Gasteiger partial charge is 0.366 e. The van der Waals surface area contributed by atoms with Crippen LogP contribution in [0.3, 0.4) is 0 Å². The van der Waals surface area contributed by atoms with Crippen molar-refractivity contribution in [1.29, 1.82) is 10.5 Å². The summed E-state index contributed by atoms with van der Waals surface area (Å²) in [6.45, 7) is 2.85. The van der Waals surface area contributed by atoms with Gasteiger partial charge in [0.15, 0.2) is 47.2 Å². The SMILES string of the molecule is Cc1cc(Nc2cc3ncccc3c(N[C@@H]3CC4=[N+](CCC#N)[C@@H](CC4)C3)n2)nn1-c1cnc(N=C2CC3=[N+]4[C@@H](C2)CC4(CCC#N)C3)c2cccnc12. The van der Waals surface area contributed by atoms with E-state index < -0.39 is 0 Å². The molecule has 0 aromatic carbocycles. The third-order valence-corrected chi connectivity index (χ3v) is 12.2. The highest BCUT2D eigenvalue weighted by atomic mass is 15.3. The summed E-state index contributed by atoms with van der Waals surface area (Å²) in [5, 5.41) is 32.4. The maximum Gasteiger partial charge on any atom is 0.179 e. The molecule has 1 unspecified atom stereocenters. The number of hydrogen-bond donors (Lipinski definition) is 2. The number of hydrogen-bond acceptors (Lipinski definition) is 10. The molecular formula is C41H41N13+2. The minimum atomic E-state index is 0.240. The van der Waals surface area contributed by atoms with Gasteiger partial charge in [-0.1, -0.05) is 0 Å². The van der Waals surface area contributed by atoms with Crippen LogP contribution in [0, 0.1) is 29.6 Å². The zero-order valence-electron chi connectivity index (χ0n) is 30.3. The number of aromatic nitrogens is 6. The minimum absolute atomic E-state index is 0.240. The summed E-state index contributed by atoms with van der Waals surface area (Å²) >= 11 is 0. The molecule has 268 valence electrons. The average molecular weight is 716 g/mol. The summed E-state index contributed by atoms with van der Waals surface area (Å²) in [4.78, 5) is 24.6. The van der Waals surface area contributed by atoms with Crippen molar-refractivity contribution >= 4 is 62.2 Å². The van der Waals surface area contributed by atoms with Gasteiger partial charge in [-0.05, 0) is 31.2 Å². The van der Waals surface area contributed by atoms with Gasteiger partial charge in [-0.2, -0.15) is 10.5 Å². The van der Waals surface area contributed by atoms with Gasteiger partial charge in [-0.15, -0.1) is 5.10 Å². The Bertz CT molecular complexity index is 2550. The molecule has 2 N–H and O–H groups in total. The molecule has 13 nitrogen and oxygen atoms in total. The molecule has 13 heteroatoms. The number of anilines is 3. The van der Waals surface area contributed by atoms with Crippen LogP contribution in [0.15, 0.2) is 60.0 Å². The van der Waals surface area contributed by atoms with E-state index in [0.717, 1.165) is 103 Å². The quantitative estimate of drug-likeness (QED) is 0.155. The number of nitriles is 2. The number of aliphatic imine (C=N–C) groups is 1. The highest BCUT2D eigenvalue weighted by Crippen LogP contribution is 2.50. The van der Waals surface area contributed by atoms with E-state index in [4.69, 9.17) is 35.6 Å². The van der Waals surface area contributed by atoms with E-state index in [1.54, 1.807) is 6.20 Å².